The van der Waals surface area contributed by atoms with Gasteiger partial charge in [0, 0.05) is 19.6 Å². The van der Waals surface area contributed by atoms with Gasteiger partial charge in [-0.15, -0.1) is 11.3 Å². The summed E-state index contributed by atoms with van der Waals surface area (Å²) in [6, 6.07) is 9.27. The number of sulfonamides is 1. The summed E-state index contributed by atoms with van der Waals surface area (Å²) in [7, 11) is -3.53. The van der Waals surface area contributed by atoms with Gasteiger partial charge in [-0.25, -0.2) is 12.8 Å². The van der Waals surface area contributed by atoms with Gasteiger partial charge >= 0.3 is 5.97 Å². The van der Waals surface area contributed by atoms with Crippen LogP contribution < -0.4 is 5.32 Å². The van der Waals surface area contributed by atoms with E-state index in [0.29, 0.717) is 30.0 Å². The molecule has 1 aromatic carbocycles. The van der Waals surface area contributed by atoms with E-state index in [-0.39, 0.29) is 18.9 Å². The molecule has 0 bridgehead atoms. The minimum absolute atomic E-state index is 0.234. The van der Waals surface area contributed by atoms with Crippen LogP contribution in [0, 0.1) is 11.7 Å². The first-order valence-electron chi connectivity index (χ1n) is 10.0. The number of esters is 1. The summed E-state index contributed by atoms with van der Waals surface area (Å²) in [5, 5.41) is 4.41. The summed E-state index contributed by atoms with van der Waals surface area (Å²) in [5.41, 5.74) is 0.885. The molecule has 1 saturated heterocycles. The molecule has 0 aliphatic carbocycles. The lowest BCUT2D eigenvalue weighted by atomic mass is 9.98. The molecular formula is C21H25FN2O5S2. The molecule has 10 heteroatoms. The van der Waals surface area contributed by atoms with E-state index < -0.39 is 33.9 Å². The number of amides is 1. The van der Waals surface area contributed by atoms with Crippen molar-refractivity contribution in [3.63, 3.8) is 0 Å². The molecule has 1 atom stereocenters. The summed E-state index contributed by atoms with van der Waals surface area (Å²) >= 11 is 1.17. The Balaban J connectivity index is 1.41. The standard InChI is InChI=1S/C21H25FN2O5S2/c1-15(20(25)23-11-8-16-4-6-18(22)7-5-16)29-21(26)17-9-12-24(13-10-17)31(27,28)19-3-2-14-30-19/h2-7,14-15,17H,8-13H2,1H3,(H,23,25). The Morgan fingerprint density at radius 3 is 2.52 bits per heavy atom. The van der Waals surface area contributed by atoms with Crippen molar-refractivity contribution >= 4 is 33.2 Å². The van der Waals surface area contributed by atoms with E-state index in [2.05, 4.69) is 5.32 Å². The average molecular weight is 469 g/mol. The molecule has 1 aliphatic rings. The molecule has 0 radical (unpaired) electrons. The van der Waals surface area contributed by atoms with Gasteiger partial charge in [-0.05, 0) is 55.3 Å². The molecule has 31 heavy (non-hydrogen) atoms. The van der Waals surface area contributed by atoms with E-state index in [9.17, 15) is 22.4 Å². The van der Waals surface area contributed by atoms with Crippen molar-refractivity contribution < 1.29 is 27.1 Å². The van der Waals surface area contributed by atoms with Crippen LogP contribution in [-0.4, -0.2) is 50.3 Å². The van der Waals surface area contributed by atoms with Crippen molar-refractivity contribution in [1.29, 1.82) is 0 Å². The number of thiophene rings is 1. The fourth-order valence-corrected chi connectivity index (χ4v) is 5.93. The number of rotatable bonds is 8. The summed E-state index contributed by atoms with van der Waals surface area (Å²) in [5.74, 6) is -1.66. The Hall–Kier alpha value is -2.30. The summed E-state index contributed by atoms with van der Waals surface area (Å²) < 4.78 is 45.0. The second-order valence-electron chi connectivity index (χ2n) is 7.36. The van der Waals surface area contributed by atoms with Crippen molar-refractivity contribution in [2.24, 2.45) is 5.92 Å². The zero-order valence-electron chi connectivity index (χ0n) is 17.1. The number of nitrogens with zero attached hydrogens (tertiary/aromatic N) is 1. The summed E-state index contributed by atoms with van der Waals surface area (Å²) in [6.45, 7) is 2.31. The first-order valence-corrected chi connectivity index (χ1v) is 12.4. The van der Waals surface area contributed by atoms with Crippen molar-refractivity contribution in [2.75, 3.05) is 19.6 Å². The molecule has 1 unspecified atom stereocenters. The van der Waals surface area contributed by atoms with Gasteiger partial charge in [-0.1, -0.05) is 18.2 Å². The van der Waals surface area contributed by atoms with E-state index >= 15 is 0 Å². The predicted molar refractivity (Wildman–Crippen MR) is 114 cm³/mol. The topological polar surface area (TPSA) is 92.8 Å². The largest absolute Gasteiger partial charge is 0.452 e. The SMILES string of the molecule is CC(OC(=O)C1CCN(S(=O)(=O)c2cccs2)CC1)C(=O)NCCc1ccc(F)cc1. The quantitative estimate of drug-likeness (QED) is 0.601. The highest BCUT2D eigenvalue weighted by Crippen LogP contribution is 2.27. The molecular weight excluding hydrogens is 443 g/mol. The third-order valence-corrected chi connectivity index (χ3v) is 8.44. The van der Waals surface area contributed by atoms with Crippen LogP contribution in [0.5, 0.6) is 0 Å². The normalized spacial score (nSPS) is 16.6. The van der Waals surface area contributed by atoms with Crippen LogP contribution >= 0.6 is 11.3 Å². The summed E-state index contributed by atoms with van der Waals surface area (Å²) in [4.78, 5) is 24.6. The molecule has 168 valence electrons. The number of benzene rings is 1. The first kappa shape index (κ1) is 23.4. The molecule has 0 saturated carbocycles. The third kappa shape index (κ3) is 6.11. The third-order valence-electron chi connectivity index (χ3n) is 5.16. The van der Waals surface area contributed by atoms with Crippen LogP contribution in [0.4, 0.5) is 4.39 Å². The number of nitrogens with one attached hydrogen (secondary N) is 1. The van der Waals surface area contributed by atoms with Crippen molar-refractivity contribution in [2.45, 2.75) is 36.5 Å². The lowest BCUT2D eigenvalue weighted by Gasteiger charge is -2.30. The van der Waals surface area contributed by atoms with Gasteiger partial charge in [0.25, 0.3) is 15.9 Å². The number of halogens is 1. The zero-order chi connectivity index (χ0) is 22.4. The van der Waals surface area contributed by atoms with E-state index in [1.807, 2.05) is 0 Å². The number of ether oxygens (including phenoxy) is 1. The van der Waals surface area contributed by atoms with Crippen LogP contribution in [-0.2, 0) is 30.8 Å². The van der Waals surface area contributed by atoms with Gasteiger partial charge in [0.15, 0.2) is 6.10 Å². The monoisotopic (exact) mass is 468 g/mol. The molecule has 1 aliphatic heterocycles. The van der Waals surface area contributed by atoms with Crippen LogP contribution in [0.1, 0.15) is 25.3 Å². The van der Waals surface area contributed by atoms with Gasteiger partial charge in [0.05, 0.1) is 5.92 Å². The van der Waals surface area contributed by atoms with Gasteiger partial charge in [-0.2, -0.15) is 4.31 Å². The Kier molecular flexibility index (Phi) is 7.79. The fraction of sp³-hybridized carbons (Fsp3) is 0.429. The Morgan fingerprint density at radius 2 is 1.90 bits per heavy atom. The maximum absolute atomic E-state index is 12.9. The Labute approximate surface area is 185 Å². The van der Waals surface area contributed by atoms with Gasteiger partial charge in [0.1, 0.15) is 10.0 Å². The van der Waals surface area contributed by atoms with Crippen LogP contribution in [0.25, 0.3) is 0 Å². The number of hydrogen-bond acceptors (Lipinski definition) is 6. The minimum Gasteiger partial charge on any atom is -0.452 e. The van der Waals surface area contributed by atoms with Crippen molar-refractivity contribution in [3.05, 3.63) is 53.2 Å². The molecule has 3 rings (SSSR count). The Bertz CT molecular complexity index is 985. The maximum Gasteiger partial charge on any atom is 0.309 e. The smallest absolute Gasteiger partial charge is 0.309 e. The highest BCUT2D eigenvalue weighted by molar-refractivity contribution is 7.91. The van der Waals surface area contributed by atoms with Crippen molar-refractivity contribution in [1.82, 2.24) is 9.62 Å². The number of carbonyl (C=O) groups is 2. The van der Waals surface area contributed by atoms with E-state index in [4.69, 9.17) is 4.74 Å². The molecule has 1 fully saturated rings. The highest BCUT2D eigenvalue weighted by atomic mass is 32.2. The van der Waals surface area contributed by atoms with Gasteiger partial charge in [0.2, 0.25) is 0 Å². The van der Waals surface area contributed by atoms with Crippen LogP contribution in [0.15, 0.2) is 46.0 Å². The number of carbonyl (C=O) groups excluding carboxylic acids is 2. The highest BCUT2D eigenvalue weighted by Gasteiger charge is 2.34. The van der Waals surface area contributed by atoms with Crippen molar-refractivity contribution in [3.8, 4) is 0 Å². The van der Waals surface area contributed by atoms with Gasteiger partial charge in [-0.3, -0.25) is 9.59 Å². The maximum atomic E-state index is 12.9. The lowest BCUT2D eigenvalue weighted by molar-refractivity contribution is -0.159. The molecule has 2 aromatic rings. The molecule has 1 N–H and O–H groups in total. The zero-order valence-corrected chi connectivity index (χ0v) is 18.8. The Morgan fingerprint density at radius 1 is 1.23 bits per heavy atom. The fourth-order valence-electron chi connectivity index (χ4n) is 3.32. The van der Waals surface area contributed by atoms with Crippen LogP contribution in [0.3, 0.4) is 0 Å². The first-order chi connectivity index (χ1) is 14.8. The molecule has 2 heterocycles. The second kappa shape index (κ2) is 10.3. The van der Waals surface area contributed by atoms with E-state index in [1.54, 1.807) is 29.6 Å². The number of piperidine rings is 1. The predicted octanol–water partition coefficient (Wildman–Crippen LogP) is 2.58. The molecule has 1 amide bonds. The van der Waals surface area contributed by atoms with E-state index in [1.165, 1.54) is 34.7 Å². The van der Waals surface area contributed by atoms with Gasteiger partial charge < -0.3 is 10.1 Å². The van der Waals surface area contributed by atoms with E-state index in [0.717, 1.165) is 5.56 Å². The molecule has 0 spiro atoms. The molecule has 1 aromatic heterocycles. The second-order valence-corrected chi connectivity index (χ2v) is 10.5. The number of hydrogen-bond donors (Lipinski definition) is 1. The lowest BCUT2D eigenvalue weighted by Crippen LogP contribution is -2.42. The minimum atomic E-state index is -3.53. The molecule has 7 nitrogen and oxygen atoms in total. The van der Waals surface area contributed by atoms with Crippen LogP contribution in [0.2, 0.25) is 0 Å². The summed E-state index contributed by atoms with van der Waals surface area (Å²) in [6.07, 6.45) is 0.280. The average Bonchev–Trinajstić information content (AvgIpc) is 3.31.